The van der Waals surface area contributed by atoms with E-state index in [2.05, 4.69) is 34.9 Å². The Balaban J connectivity index is 1.29. The van der Waals surface area contributed by atoms with E-state index in [1.807, 2.05) is 31.2 Å². The molecule has 3 N–H and O–H groups in total. The van der Waals surface area contributed by atoms with Crippen molar-refractivity contribution in [2.24, 2.45) is 5.92 Å². The highest BCUT2D eigenvalue weighted by molar-refractivity contribution is 5.82. The molecule has 0 spiro atoms. The number of hydrogen-bond donors (Lipinski definition) is 3. The van der Waals surface area contributed by atoms with Crippen molar-refractivity contribution in [1.29, 1.82) is 0 Å². The molecule has 2 amide bonds. The van der Waals surface area contributed by atoms with Gasteiger partial charge in [0.05, 0.1) is 6.42 Å². The van der Waals surface area contributed by atoms with Crippen LogP contribution in [0.15, 0.2) is 48.5 Å². The Morgan fingerprint density at radius 2 is 1.74 bits per heavy atom. The molecule has 1 aliphatic heterocycles. The summed E-state index contributed by atoms with van der Waals surface area (Å²) < 4.78 is 11.2. The molecule has 3 atom stereocenters. The SMILES string of the molecule is CCCC(CC(=O)O)NC(=O)[C@H]1OCC[C@H]1CNC(=O)OCC1c2ccccc2-c2ccccc21. The summed E-state index contributed by atoms with van der Waals surface area (Å²) in [6.07, 6.45) is 0.572. The van der Waals surface area contributed by atoms with Gasteiger partial charge < -0.3 is 25.2 Å². The third kappa shape index (κ3) is 5.82. The van der Waals surface area contributed by atoms with Gasteiger partial charge >= 0.3 is 12.1 Å². The van der Waals surface area contributed by atoms with Crippen LogP contribution in [0, 0.1) is 5.92 Å². The van der Waals surface area contributed by atoms with Gasteiger partial charge in [0, 0.05) is 31.0 Å². The number of carboxylic acids is 1. The molecule has 1 heterocycles. The van der Waals surface area contributed by atoms with Crippen LogP contribution < -0.4 is 10.6 Å². The normalized spacial score (nSPS) is 19.5. The van der Waals surface area contributed by atoms with E-state index < -0.39 is 24.2 Å². The average Bonchev–Trinajstić information content (AvgIpc) is 3.44. The van der Waals surface area contributed by atoms with Crippen LogP contribution in [0.1, 0.15) is 49.7 Å². The highest BCUT2D eigenvalue weighted by atomic mass is 16.5. The number of alkyl carbamates (subject to hydrolysis) is 1. The number of aliphatic carboxylic acids is 1. The van der Waals surface area contributed by atoms with Crippen LogP contribution in [0.5, 0.6) is 0 Å². The van der Waals surface area contributed by atoms with E-state index in [0.717, 1.165) is 17.5 Å². The highest BCUT2D eigenvalue weighted by Gasteiger charge is 2.36. The number of carbonyl (C=O) groups is 3. The molecular formula is C27H32N2O6. The minimum Gasteiger partial charge on any atom is -0.481 e. The average molecular weight is 481 g/mol. The van der Waals surface area contributed by atoms with Gasteiger partial charge in [0.1, 0.15) is 12.7 Å². The van der Waals surface area contributed by atoms with Crippen molar-refractivity contribution in [2.45, 2.75) is 50.7 Å². The Kier molecular flexibility index (Phi) is 8.02. The maximum absolute atomic E-state index is 12.7. The monoisotopic (exact) mass is 480 g/mol. The number of fused-ring (bicyclic) bond motifs is 3. The molecule has 0 bridgehead atoms. The molecule has 35 heavy (non-hydrogen) atoms. The van der Waals surface area contributed by atoms with Crippen molar-refractivity contribution in [2.75, 3.05) is 19.8 Å². The molecule has 4 rings (SSSR count). The minimum atomic E-state index is -0.954. The van der Waals surface area contributed by atoms with Crippen LogP contribution in [-0.4, -0.2) is 55.0 Å². The standard InChI is InChI=1S/C27H32N2O6/c1-2-7-18(14-24(30)31)29-26(32)25-17(12-13-34-25)15-28-27(33)35-16-23-21-10-5-3-8-19(21)20-9-4-6-11-22(20)23/h3-6,8-11,17-18,23,25H,2,7,12-16H2,1H3,(H,28,33)(H,29,32)(H,30,31)/t17-,18?,25-/m0/s1. The molecule has 2 aromatic rings. The zero-order valence-electron chi connectivity index (χ0n) is 19.9. The molecule has 8 nitrogen and oxygen atoms in total. The molecule has 1 aliphatic carbocycles. The van der Waals surface area contributed by atoms with Gasteiger partial charge in [-0.3, -0.25) is 9.59 Å². The molecule has 1 saturated heterocycles. The molecule has 2 aromatic carbocycles. The Labute approximate surface area is 205 Å². The first kappa shape index (κ1) is 24.7. The third-order valence-corrected chi connectivity index (χ3v) is 6.73. The molecular weight excluding hydrogens is 448 g/mol. The number of carboxylic acid groups (broad SMARTS) is 1. The first-order chi connectivity index (χ1) is 17.0. The summed E-state index contributed by atoms with van der Waals surface area (Å²) in [7, 11) is 0. The summed E-state index contributed by atoms with van der Waals surface area (Å²) >= 11 is 0. The van der Waals surface area contributed by atoms with Gasteiger partial charge in [-0.15, -0.1) is 0 Å². The number of ether oxygens (including phenoxy) is 2. The summed E-state index contributed by atoms with van der Waals surface area (Å²) in [6.45, 7) is 2.81. The molecule has 1 unspecified atom stereocenters. The molecule has 0 saturated carbocycles. The van der Waals surface area contributed by atoms with Crippen molar-refractivity contribution in [1.82, 2.24) is 10.6 Å². The lowest BCUT2D eigenvalue weighted by atomic mass is 9.98. The zero-order valence-corrected chi connectivity index (χ0v) is 19.9. The number of amides is 2. The number of benzene rings is 2. The smallest absolute Gasteiger partial charge is 0.407 e. The van der Waals surface area contributed by atoms with Crippen molar-refractivity contribution in [3.05, 3.63) is 59.7 Å². The summed E-state index contributed by atoms with van der Waals surface area (Å²) in [5.74, 6) is -1.51. The van der Waals surface area contributed by atoms with Crippen LogP contribution in [0.25, 0.3) is 11.1 Å². The van der Waals surface area contributed by atoms with Crippen LogP contribution >= 0.6 is 0 Å². The molecule has 2 aliphatic rings. The lowest BCUT2D eigenvalue weighted by Crippen LogP contribution is -2.46. The molecule has 186 valence electrons. The van der Waals surface area contributed by atoms with Crippen LogP contribution in [0.3, 0.4) is 0 Å². The Morgan fingerprint density at radius 3 is 2.37 bits per heavy atom. The van der Waals surface area contributed by atoms with E-state index in [1.54, 1.807) is 0 Å². The van der Waals surface area contributed by atoms with E-state index in [9.17, 15) is 14.4 Å². The van der Waals surface area contributed by atoms with E-state index in [4.69, 9.17) is 14.6 Å². The molecule has 0 radical (unpaired) electrons. The van der Waals surface area contributed by atoms with Gasteiger partial charge in [-0.2, -0.15) is 0 Å². The fourth-order valence-corrected chi connectivity index (χ4v) is 5.06. The number of nitrogens with one attached hydrogen (secondary N) is 2. The van der Waals surface area contributed by atoms with Crippen molar-refractivity contribution < 1.29 is 29.0 Å². The number of rotatable bonds is 10. The third-order valence-electron chi connectivity index (χ3n) is 6.73. The summed E-state index contributed by atoms with van der Waals surface area (Å²) in [5.41, 5.74) is 4.62. The van der Waals surface area contributed by atoms with Gasteiger partial charge in [0.25, 0.3) is 0 Å². The fraction of sp³-hybridized carbons (Fsp3) is 0.444. The summed E-state index contributed by atoms with van der Waals surface area (Å²) in [4.78, 5) is 36.3. The van der Waals surface area contributed by atoms with Gasteiger partial charge in [-0.1, -0.05) is 61.9 Å². The maximum atomic E-state index is 12.7. The molecule has 8 heteroatoms. The Bertz CT molecular complexity index is 1030. The zero-order chi connectivity index (χ0) is 24.8. The van der Waals surface area contributed by atoms with E-state index in [-0.39, 0.29) is 37.3 Å². The van der Waals surface area contributed by atoms with Crippen LogP contribution in [0.4, 0.5) is 4.79 Å². The predicted molar refractivity (Wildman–Crippen MR) is 130 cm³/mol. The largest absolute Gasteiger partial charge is 0.481 e. The quantitative estimate of drug-likeness (QED) is 0.478. The summed E-state index contributed by atoms with van der Waals surface area (Å²) in [5, 5.41) is 14.7. The predicted octanol–water partition coefficient (Wildman–Crippen LogP) is 3.69. The highest BCUT2D eigenvalue weighted by Crippen LogP contribution is 2.44. The second-order valence-electron chi connectivity index (χ2n) is 9.14. The number of carbonyl (C=O) groups excluding carboxylic acids is 2. The lowest BCUT2D eigenvalue weighted by Gasteiger charge is -2.22. The van der Waals surface area contributed by atoms with Gasteiger partial charge in [0.15, 0.2) is 0 Å². The lowest BCUT2D eigenvalue weighted by molar-refractivity contribution is -0.138. The topological polar surface area (TPSA) is 114 Å². The molecule has 0 aromatic heterocycles. The van der Waals surface area contributed by atoms with Crippen molar-refractivity contribution in [3.63, 3.8) is 0 Å². The van der Waals surface area contributed by atoms with Gasteiger partial charge in [-0.05, 0) is 35.1 Å². The number of hydrogen-bond acceptors (Lipinski definition) is 5. The van der Waals surface area contributed by atoms with Crippen molar-refractivity contribution in [3.8, 4) is 11.1 Å². The first-order valence-electron chi connectivity index (χ1n) is 12.2. The Hall–Kier alpha value is -3.39. The second-order valence-corrected chi connectivity index (χ2v) is 9.14. The van der Waals surface area contributed by atoms with E-state index >= 15 is 0 Å². The van der Waals surface area contributed by atoms with Gasteiger partial charge in [-0.25, -0.2) is 4.79 Å². The maximum Gasteiger partial charge on any atom is 0.407 e. The van der Waals surface area contributed by atoms with Gasteiger partial charge in [0.2, 0.25) is 5.91 Å². The van der Waals surface area contributed by atoms with Crippen molar-refractivity contribution >= 4 is 18.0 Å². The van der Waals surface area contributed by atoms with Crippen LogP contribution in [0.2, 0.25) is 0 Å². The second kappa shape index (κ2) is 11.4. The first-order valence-corrected chi connectivity index (χ1v) is 12.2. The van der Waals surface area contributed by atoms with E-state index in [0.29, 0.717) is 19.4 Å². The van der Waals surface area contributed by atoms with Crippen LogP contribution in [-0.2, 0) is 19.1 Å². The van der Waals surface area contributed by atoms with E-state index in [1.165, 1.54) is 11.1 Å². The molecule has 1 fully saturated rings. The fourth-order valence-electron chi connectivity index (χ4n) is 5.06. The Morgan fingerprint density at radius 1 is 1.09 bits per heavy atom. The summed E-state index contributed by atoms with van der Waals surface area (Å²) in [6, 6.07) is 15.9. The minimum absolute atomic E-state index is 0.0220.